The summed E-state index contributed by atoms with van der Waals surface area (Å²) in [6, 6.07) is 2.21. The number of H-pyrrole nitrogens is 1. The maximum absolute atomic E-state index is 11.8. The number of piperidine rings is 1. The topological polar surface area (TPSA) is 61.0 Å². The van der Waals surface area contributed by atoms with Crippen LogP contribution in [0.25, 0.3) is 0 Å². The molecule has 3 rings (SSSR count). The highest BCUT2D eigenvalue weighted by molar-refractivity contribution is 5.38. The number of aromatic nitrogens is 2. The predicted octanol–water partition coefficient (Wildman–Crippen LogP) is 1.86. The zero-order chi connectivity index (χ0) is 14.8. The molecule has 2 heterocycles. The van der Waals surface area contributed by atoms with E-state index in [4.69, 9.17) is 0 Å². The Balaban J connectivity index is 1.60. The minimum Gasteiger partial charge on any atom is -0.356 e. The Kier molecular flexibility index (Phi) is 4.29. The van der Waals surface area contributed by atoms with Crippen LogP contribution in [0.15, 0.2) is 10.9 Å². The van der Waals surface area contributed by atoms with E-state index in [1.807, 2.05) is 0 Å². The molecule has 0 atom stereocenters. The van der Waals surface area contributed by atoms with E-state index in [-0.39, 0.29) is 5.56 Å². The fourth-order valence-corrected chi connectivity index (χ4v) is 2.94. The van der Waals surface area contributed by atoms with Crippen molar-refractivity contribution in [2.75, 3.05) is 24.5 Å². The van der Waals surface area contributed by atoms with E-state index < -0.39 is 0 Å². The van der Waals surface area contributed by atoms with Gasteiger partial charge in [-0.25, -0.2) is 4.98 Å². The van der Waals surface area contributed by atoms with Gasteiger partial charge < -0.3 is 15.2 Å². The highest BCUT2D eigenvalue weighted by atomic mass is 16.1. The first-order valence-electron chi connectivity index (χ1n) is 8.21. The van der Waals surface area contributed by atoms with Crippen LogP contribution in [-0.4, -0.2) is 35.6 Å². The van der Waals surface area contributed by atoms with Gasteiger partial charge in [0.15, 0.2) is 0 Å². The number of aromatic amines is 1. The van der Waals surface area contributed by atoms with Gasteiger partial charge in [0.25, 0.3) is 5.56 Å². The molecule has 1 saturated heterocycles. The summed E-state index contributed by atoms with van der Waals surface area (Å²) in [5, 5.41) is 3.52. The molecule has 5 nitrogen and oxygen atoms in total. The third kappa shape index (κ3) is 3.84. The Labute approximate surface area is 126 Å². The molecule has 1 aliphatic heterocycles. The molecule has 116 valence electrons. The van der Waals surface area contributed by atoms with Gasteiger partial charge in [0.2, 0.25) is 0 Å². The maximum atomic E-state index is 11.8. The zero-order valence-corrected chi connectivity index (χ0v) is 13.1. The number of hydrogen-bond donors (Lipinski definition) is 2. The lowest BCUT2D eigenvalue weighted by Gasteiger charge is -2.33. The van der Waals surface area contributed by atoms with E-state index in [9.17, 15) is 4.79 Å². The Morgan fingerprint density at radius 2 is 2.05 bits per heavy atom. The Morgan fingerprint density at radius 1 is 1.33 bits per heavy atom. The summed E-state index contributed by atoms with van der Waals surface area (Å²) in [7, 11) is 0. The van der Waals surface area contributed by atoms with Crippen molar-refractivity contribution in [2.24, 2.45) is 5.92 Å². The van der Waals surface area contributed by atoms with E-state index >= 15 is 0 Å². The molecule has 2 aliphatic rings. The van der Waals surface area contributed by atoms with Crippen LogP contribution in [0, 0.1) is 5.92 Å². The first kappa shape index (κ1) is 14.6. The molecule has 1 aromatic heterocycles. The first-order valence-corrected chi connectivity index (χ1v) is 8.21. The van der Waals surface area contributed by atoms with Crippen LogP contribution in [0.3, 0.4) is 0 Å². The van der Waals surface area contributed by atoms with E-state index in [1.54, 1.807) is 6.07 Å². The average Bonchev–Trinajstić information content (AvgIpc) is 3.29. The molecule has 0 bridgehead atoms. The number of anilines is 1. The van der Waals surface area contributed by atoms with Gasteiger partial charge in [-0.3, -0.25) is 4.79 Å². The first-order chi connectivity index (χ1) is 10.1. The van der Waals surface area contributed by atoms with Crippen molar-refractivity contribution in [3.8, 4) is 0 Å². The second-order valence-corrected chi connectivity index (χ2v) is 6.76. The molecule has 1 saturated carbocycles. The molecule has 2 N–H and O–H groups in total. The zero-order valence-electron chi connectivity index (χ0n) is 13.1. The van der Waals surface area contributed by atoms with Gasteiger partial charge in [0.05, 0.1) is 0 Å². The molecule has 0 amide bonds. The van der Waals surface area contributed by atoms with Crippen LogP contribution >= 0.6 is 0 Å². The van der Waals surface area contributed by atoms with Gasteiger partial charge in [-0.2, -0.15) is 0 Å². The van der Waals surface area contributed by atoms with Gasteiger partial charge in [0.1, 0.15) is 11.6 Å². The van der Waals surface area contributed by atoms with Crippen molar-refractivity contribution in [1.29, 1.82) is 0 Å². The SMILES string of the molecule is CC(C)NCC1CCN(c2cc(=O)[nH]c(C3CC3)n2)CC1. The summed E-state index contributed by atoms with van der Waals surface area (Å²) >= 11 is 0. The van der Waals surface area contributed by atoms with Gasteiger partial charge >= 0.3 is 0 Å². The lowest BCUT2D eigenvalue weighted by molar-refractivity contribution is 0.369. The highest BCUT2D eigenvalue weighted by Gasteiger charge is 2.27. The third-order valence-electron chi connectivity index (χ3n) is 4.46. The maximum Gasteiger partial charge on any atom is 0.252 e. The molecule has 0 aromatic carbocycles. The summed E-state index contributed by atoms with van der Waals surface area (Å²) < 4.78 is 0. The normalized spacial score (nSPS) is 20.2. The van der Waals surface area contributed by atoms with E-state index in [0.717, 1.165) is 50.0 Å². The Morgan fingerprint density at radius 3 is 2.67 bits per heavy atom. The molecule has 0 unspecified atom stereocenters. The summed E-state index contributed by atoms with van der Waals surface area (Å²) in [5.74, 6) is 3.00. The molecular weight excluding hydrogens is 264 g/mol. The van der Waals surface area contributed by atoms with Crippen LogP contribution in [-0.2, 0) is 0 Å². The summed E-state index contributed by atoms with van der Waals surface area (Å²) in [4.78, 5) is 21.6. The summed E-state index contributed by atoms with van der Waals surface area (Å²) in [6.07, 6.45) is 4.67. The fourth-order valence-electron chi connectivity index (χ4n) is 2.94. The number of rotatable bonds is 5. The quantitative estimate of drug-likeness (QED) is 0.869. The minimum atomic E-state index is -0.00880. The Hall–Kier alpha value is -1.36. The van der Waals surface area contributed by atoms with Crippen molar-refractivity contribution in [2.45, 2.75) is 51.5 Å². The van der Waals surface area contributed by atoms with Gasteiger partial charge in [-0.1, -0.05) is 13.8 Å². The van der Waals surface area contributed by atoms with Crippen molar-refractivity contribution >= 4 is 5.82 Å². The molecule has 0 radical (unpaired) electrons. The number of nitrogens with zero attached hydrogens (tertiary/aromatic N) is 2. The number of nitrogens with one attached hydrogen (secondary N) is 2. The van der Waals surface area contributed by atoms with Crippen molar-refractivity contribution in [3.05, 3.63) is 22.2 Å². The summed E-state index contributed by atoms with van der Waals surface area (Å²) in [6.45, 7) is 7.49. The van der Waals surface area contributed by atoms with Crippen LogP contribution in [0.4, 0.5) is 5.82 Å². The fraction of sp³-hybridized carbons (Fsp3) is 0.750. The molecule has 0 spiro atoms. The van der Waals surface area contributed by atoms with E-state index in [0.29, 0.717) is 12.0 Å². The standard InChI is InChI=1S/C16H26N4O/c1-11(2)17-10-12-5-7-20(8-6-12)14-9-15(21)19-16(18-14)13-3-4-13/h9,11-13,17H,3-8,10H2,1-2H3,(H,18,19,21). The van der Waals surface area contributed by atoms with Crippen LogP contribution in [0.2, 0.25) is 0 Å². The molecule has 1 aromatic rings. The Bertz CT molecular complexity index is 527. The second kappa shape index (κ2) is 6.18. The third-order valence-corrected chi connectivity index (χ3v) is 4.46. The molecule has 21 heavy (non-hydrogen) atoms. The van der Waals surface area contributed by atoms with E-state index in [1.165, 1.54) is 12.8 Å². The van der Waals surface area contributed by atoms with Gasteiger partial charge in [0, 0.05) is 31.1 Å². The highest BCUT2D eigenvalue weighted by Crippen LogP contribution is 2.38. The minimum absolute atomic E-state index is 0.00880. The molecular formula is C16H26N4O. The lowest BCUT2D eigenvalue weighted by Crippen LogP contribution is -2.39. The molecule has 5 heteroatoms. The van der Waals surface area contributed by atoms with Crippen molar-refractivity contribution in [3.63, 3.8) is 0 Å². The predicted molar refractivity (Wildman–Crippen MR) is 84.9 cm³/mol. The lowest BCUT2D eigenvalue weighted by atomic mass is 9.96. The van der Waals surface area contributed by atoms with Gasteiger partial charge in [-0.15, -0.1) is 0 Å². The molecule has 2 fully saturated rings. The monoisotopic (exact) mass is 290 g/mol. The van der Waals surface area contributed by atoms with Crippen LogP contribution in [0.1, 0.15) is 51.3 Å². The van der Waals surface area contributed by atoms with Gasteiger partial charge in [-0.05, 0) is 38.1 Å². The van der Waals surface area contributed by atoms with Crippen molar-refractivity contribution in [1.82, 2.24) is 15.3 Å². The molecule has 1 aliphatic carbocycles. The largest absolute Gasteiger partial charge is 0.356 e. The average molecular weight is 290 g/mol. The van der Waals surface area contributed by atoms with E-state index in [2.05, 4.69) is 34.0 Å². The smallest absolute Gasteiger partial charge is 0.252 e. The summed E-state index contributed by atoms with van der Waals surface area (Å²) in [5.41, 5.74) is -0.00880. The number of hydrogen-bond acceptors (Lipinski definition) is 4. The van der Waals surface area contributed by atoms with Crippen molar-refractivity contribution < 1.29 is 0 Å². The van der Waals surface area contributed by atoms with Crippen LogP contribution in [0.5, 0.6) is 0 Å². The second-order valence-electron chi connectivity index (χ2n) is 6.76. The van der Waals surface area contributed by atoms with Crippen LogP contribution < -0.4 is 15.8 Å².